The highest BCUT2D eigenvalue weighted by Gasteiger charge is 2.22. The van der Waals surface area contributed by atoms with Crippen molar-refractivity contribution in [2.75, 3.05) is 0 Å². The fraction of sp³-hybridized carbons (Fsp3) is 0.765. The topological polar surface area (TPSA) is 52.6 Å². The fourth-order valence-corrected chi connectivity index (χ4v) is 4.93. The quantitative estimate of drug-likeness (QED) is 0.0985. The lowest BCUT2D eigenvalue weighted by Crippen LogP contribution is -2.20. The van der Waals surface area contributed by atoms with Crippen LogP contribution < -0.4 is 0 Å². The number of ether oxygens (including phenoxy) is 2. The lowest BCUT2D eigenvalue weighted by molar-refractivity contribution is 0.0270. The van der Waals surface area contributed by atoms with Gasteiger partial charge in [0.1, 0.15) is 0 Å². The van der Waals surface area contributed by atoms with Crippen LogP contribution in [0.5, 0.6) is 0 Å². The molecule has 38 heavy (non-hydrogen) atoms. The van der Waals surface area contributed by atoms with Crippen LogP contribution >= 0.6 is 0 Å². The smallest absolute Gasteiger partial charge is 0.339 e. The summed E-state index contributed by atoms with van der Waals surface area (Å²) in [5.74, 6) is -0.875. The molecular weight excluding hydrogens is 472 g/mol. The number of esters is 2. The van der Waals surface area contributed by atoms with Crippen LogP contribution in [0.15, 0.2) is 24.3 Å². The maximum absolute atomic E-state index is 12.9. The first kappa shape index (κ1) is 34.2. The van der Waals surface area contributed by atoms with Crippen molar-refractivity contribution in [3.8, 4) is 0 Å². The molecule has 0 saturated carbocycles. The van der Waals surface area contributed by atoms with Crippen LogP contribution in [-0.2, 0) is 9.47 Å². The molecule has 218 valence electrons. The van der Waals surface area contributed by atoms with Gasteiger partial charge in [-0.05, 0) is 51.7 Å². The molecule has 2 atom stereocenters. The second-order valence-electron chi connectivity index (χ2n) is 11.2. The van der Waals surface area contributed by atoms with Crippen molar-refractivity contribution in [2.24, 2.45) is 0 Å². The van der Waals surface area contributed by atoms with E-state index in [2.05, 4.69) is 13.8 Å². The molecule has 0 bridgehead atoms. The average molecular weight is 531 g/mol. The molecule has 0 radical (unpaired) electrons. The van der Waals surface area contributed by atoms with Crippen LogP contribution in [0.2, 0.25) is 0 Å². The lowest BCUT2D eigenvalue weighted by atomic mass is 10.0. The summed E-state index contributed by atoms with van der Waals surface area (Å²) in [6, 6.07) is 6.86. The number of unbranched alkanes of at least 4 members (excludes halogenated alkanes) is 16. The molecule has 1 aromatic carbocycles. The molecule has 0 aliphatic rings. The Kier molecular flexibility index (Phi) is 20.8. The van der Waals surface area contributed by atoms with Crippen molar-refractivity contribution in [3.05, 3.63) is 35.4 Å². The fourth-order valence-electron chi connectivity index (χ4n) is 4.93. The van der Waals surface area contributed by atoms with E-state index in [0.717, 1.165) is 25.7 Å². The van der Waals surface area contributed by atoms with Gasteiger partial charge < -0.3 is 9.47 Å². The first-order valence-corrected chi connectivity index (χ1v) is 16.0. The number of carbonyl (C=O) groups is 2. The zero-order chi connectivity index (χ0) is 27.8. The van der Waals surface area contributed by atoms with Crippen LogP contribution in [0.3, 0.4) is 0 Å². The first-order valence-electron chi connectivity index (χ1n) is 16.0. The zero-order valence-corrected chi connectivity index (χ0v) is 25.2. The van der Waals surface area contributed by atoms with Crippen molar-refractivity contribution in [3.63, 3.8) is 0 Å². The molecule has 0 spiro atoms. The Hall–Kier alpha value is -1.84. The monoisotopic (exact) mass is 530 g/mol. The summed E-state index contributed by atoms with van der Waals surface area (Å²) in [7, 11) is 0. The van der Waals surface area contributed by atoms with E-state index in [9.17, 15) is 9.59 Å². The summed E-state index contributed by atoms with van der Waals surface area (Å²) in [6.07, 6.45) is 24.3. The Morgan fingerprint density at radius 3 is 1.13 bits per heavy atom. The van der Waals surface area contributed by atoms with Crippen LogP contribution in [0.25, 0.3) is 0 Å². The van der Waals surface area contributed by atoms with Gasteiger partial charge in [0, 0.05) is 0 Å². The predicted octanol–water partition coefficient (Wildman–Crippen LogP) is 10.6. The van der Waals surface area contributed by atoms with E-state index in [-0.39, 0.29) is 12.2 Å². The largest absolute Gasteiger partial charge is 0.459 e. The van der Waals surface area contributed by atoms with Gasteiger partial charge in [0.15, 0.2) is 0 Å². The molecule has 0 aliphatic carbocycles. The number of benzene rings is 1. The van der Waals surface area contributed by atoms with E-state index in [1.165, 1.54) is 103 Å². The highest BCUT2D eigenvalue weighted by molar-refractivity contribution is 6.03. The Morgan fingerprint density at radius 1 is 0.526 bits per heavy atom. The minimum absolute atomic E-state index is 0.165. The summed E-state index contributed by atoms with van der Waals surface area (Å²) in [5.41, 5.74) is 0.596. The van der Waals surface area contributed by atoms with Gasteiger partial charge in [-0.25, -0.2) is 9.59 Å². The molecule has 0 aliphatic heterocycles. The third-order valence-electron chi connectivity index (χ3n) is 7.41. The van der Waals surface area contributed by atoms with E-state index in [4.69, 9.17) is 9.47 Å². The average Bonchev–Trinajstić information content (AvgIpc) is 2.91. The first-order chi connectivity index (χ1) is 18.5. The molecule has 0 aromatic heterocycles. The van der Waals surface area contributed by atoms with Crippen LogP contribution in [0.1, 0.15) is 177 Å². The van der Waals surface area contributed by atoms with Gasteiger partial charge in [-0.15, -0.1) is 0 Å². The van der Waals surface area contributed by atoms with Crippen LogP contribution in [0, 0.1) is 0 Å². The van der Waals surface area contributed by atoms with E-state index in [1.54, 1.807) is 24.3 Å². The van der Waals surface area contributed by atoms with Gasteiger partial charge in [0.05, 0.1) is 23.3 Å². The van der Waals surface area contributed by atoms with Gasteiger partial charge in [0.2, 0.25) is 0 Å². The Labute approximate surface area is 234 Å². The third-order valence-corrected chi connectivity index (χ3v) is 7.41. The van der Waals surface area contributed by atoms with E-state index >= 15 is 0 Å². The molecule has 0 fully saturated rings. The van der Waals surface area contributed by atoms with Gasteiger partial charge in [0.25, 0.3) is 0 Å². The van der Waals surface area contributed by atoms with Crippen molar-refractivity contribution < 1.29 is 19.1 Å². The summed E-state index contributed by atoms with van der Waals surface area (Å²) >= 11 is 0. The number of carbonyl (C=O) groups excluding carboxylic acids is 2. The Bertz CT molecular complexity index is 668. The number of hydrogen-bond donors (Lipinski definition) is 0. The van der Waals surface area contributed by atoms with Gasteiger partial charge in [-0.1, -0.05) is 129 Å². The molecule has 0 N–H and O–H groups in total. The molecule has 2 unspecified atom stereocenters. The van der Waals surface area contributed by atoms with Crippen molar-refractivity contribution in [2.45, 2.75) is 168 Å². The standard InChI is InChI=1S/C34H58O4/c1-5-7-9-11-13-15-17-19-21-25-29(3)37-33(35)31-27-23-24-28-32(31)34(36)38-30(4)26-22-20-18-16-14-12-10-8-6-2/h23-24,27-30H,5-22,25-26H2,1-4H3. The molecule has 4 nitrogen and oxygen atoms in total. The molecule has 0 saturated heterocycles. The van der Waals surface area contributed by atoms with Gasteiger partial charge in [-0.3, -0.25) is 0 Å². The maximum atomic E-state index is 12.9. The highest BCUT2D eigenvalue weighted by atomic mass is 16.5. The molecule has 0 heterocycles. The maximum Gasteiger partial charge on any atom is 0.339 e. The minimum atomic E-state index is -0.437. The van der Waals surface area contributed by atoms with Crippen molar-refractivity contribution >= 4 is 11.9 Å². The van der Waals surface area contributed by atoms with Crippen molar-refractivity contribution in [1.29, 1.82) is 0 Å². The molecule has 1 rings (SSSR count). The molecular formula is C34H58O4. The van der Waals surface area contributed by atoms with Crippen LogP contribution in [-0.4, -0.2) is 24.1 Å². The van der Waals surface area contributed by atoms with Gasteiger partial charge in [-0.2, -0.15) is 0 Å². The summed E-state index contributed by atoms with van der Waals surface area (Å²) in [4.78, 5) is 25.7. The Morgan fingerprint density at radius 2 is 0.816 bits per heavy atom. The highest BCUT2D eigenvalue weighted by Crippen LogP contribution is 2.18. The number of rotatable bonds is 24. The molecule has 4 heteroatoms. The van der Waals surface area contributed by atoms with E-state index in [1.807, 2.05) is 13.8 Å². The minimum Gasteiger partial charge on any atom is -0.459 e. The summed E-state index contributed by atoms with van der Waals surface area (Å²) in [5, 5.41) is 0. The van der Waals surface area contributed by atoms with Crippen molar-refractivity contribution in [1.82, 2.24) is 0 Å². The predicted molar refractivity (Wildman–Crippen MR) is 160 cm³/mol. The van der Waals surface area contributed by atoms with E-state index in [0.29, 0.717) is 11.1 Å². The zero-order valence-electron chi connectivity index (χ0n) is 25.2. The summed E-state index contributed by atoms with van der Waals surface area (Å²) < 4.78 is 11.4. The summed E-state index contributed by atoms with van der Waals surface area (Å²) in [6.45, 7) is 8.38. The number of hydrogen-bond acceptors (Lipinski definition) is 4. The molecule has 0 amide bonds. The van der Waals surface area contributed by atoms with E-state index < -0.39 is 11.9 Å². The SMILES string of the molecule is CCCCCCCCCCCC(C)OC(=O)c1ccccc1C(=O)OC(C)CCCCCCCCCCC. The second kappa shape index (κ2) is 23.1. The lowest BCUT2D eigenvalue weighted by Gasteiger charge is -2.16. The Balaban J connectivity index is 2.31. The normalized spacial score (nSPS) is 12.7. The third kappa shape index (κ3) is 16.9. The second-order valence-corrected chi connectivity index (χ2v) is 11.2. The van der Waals surface area contributed by atoms with Gasteiger partial charge >= 0.3 is 11.9 Å². The molecule has 1 aromatic rings. The van der Waals surface area contributed by atoms with Crippen LogP contribution in [0.4, 0.5) is 0 Å².